The lowest BCUT2D eigenvalue weighted by Gasteiger charge is -2.05. The van der Waals surface area contributed by atoms with Crippen LogP contribution in [0.5, 0.6) is 0 Å². The monoisotopic (exact) mass is 230 g/mol. The van der Waals surface area contributed by atoms with E-state index >= 15 is 0 Å². The largest absolute Gasteiger partial charge is 0.338 e. The molecule has 1 aromatic carbocycles. The number of nitrogens with one attached hydrogen (secondary N) is 1. The minimum Gasteiger partial charge on any atom is -0.338 e. The van der Waals surface area contributed by atoms with Gasteiger partial charge in [-0.2, -0.15) is 10.4 Å². The molecular formula is C12H11FN4. The third-order valence-corrected chi connectivity index (χ3v) is 2.50. The smallest absolute Gasteiger partial charge is 0.152 e. The normalized spacial score (nSPS) is 10.0. The molecule has 0 amide bonds. The summed E-state index contributed by atoms with van der Waals surface area (Å²) in [5.41, 5.74) is 1.39. The van der Waals surface area contributed by atoms with E-state index in [-0.39, 0.29) is 5.56 Å². The van der Waals surface area contributed by atoms with Gasteiger partial charge in [0.1, 0.15) is 17.4 Å². The molecule has 1 heterocycles. The van der Waals surface area contributed by atoms with Gasteiger partial charge >= 0.3 is 0 Å². The highest BCUT2D eigenvalue weighted by Crippen LogP contribution is 2.22. The number of anilines is 2. The molecule has 0 spiro atoms. The summed E-state index contributed by atoms with van der Waals surface area (Å²) in [6.07, 6.45) is 0. The maximum Gasteiger partial charge on any atom is 0.152 e. The molecule has 0 atom stereocenters. The van der Waals surface area contributed by atoms with Crippen molar-refractivity contribution in [1.29, 1.82) is 5.26 Å². The lowest BCUT2D eigenvalue weighted by molar-refractivity contribution is 0.624. The van der Waals surface area contributed by atoms with E-state index < -0.39 is 5.82 Å². The highest BCUT2D eigenvalue weighted by Gasteiger charge is 2.09. The van der Waals surface area contributed by atoms with Crippen LogP contribution >= 0.6 is 0 Å². The highest BCUT2D eigenvalue weighted by molar-refractivity contribution is 5.64. The summed E-state index contributed by atoms with van der Waals surface area (Å²) >= 11 is 0. The minimum atomic E-state index is -0.537. The Bertz CT molecular complexity index is 576. The van der Waals surface area contributed by atoms with Crippen molar-refractivity contribution in [3.8, 4) is 6.07 Å². The topological polar surface area (TPSA) is 53.6 Å². The molecule has 0 unspecified atom stereocenters. The average molecular weight is 230 g/mol. The summed E-state index contributed by atoms with van der Waals surface area (Å²) in [4.78, 5) is 0. The van der Waals surface area contributed by atoms with Crippen molar-refractivity contribution in [3.63, 3.8) is 0 Å². The first-order valence-electron chi connectivity index (χ1n) is 5.08. The first-order valence-corrected chi connectivity index (χ1v) is 5.08. The van der Waals surface area contributed by atoms with Gasteiger partial charge in [0.25, 0.3) is 0 Å². The van der Waals surface area contributed by atoms with E-state index in [0.29, 0.717) is 11.5 Å². The fraction of sp³-hybridized carbons (Fsp3) is 0.167. The van der Waals surface area contributed by atoms with Crippen molar-refractivity contribution < 1.29 is 4.39 Å². The summed E-state index contributed by atoms with van der Waals surface area (Å²) in [5, 5.41) is 16.0. The van der Waals surface area contributed by atoms with E-state index in [1.54, 1.807) is 16.8 Å². The van der Waals surface area contributed by atoms with Gasteiger partial charge < -0.3 is 5.32 Å². The Hall–Kier alpha value is -2.35. The fourth-order valence-corrected chi connectivity index (χ4v) is 1.50. The lowest BCUT2D eigenvalue weighted by atomic mass is 10.2. The molecule has 0 fully saturated rings. The standard InChI is InChI=1S/C12H11FN4/c1-8-6-12(16-17(8)2)15-11-5-3-4-10(13)9(11)7-14/h3-6H,1-2H3,(H,15,16). The number of rotatable bonds is 2. The maximum atomic E-state index is 13.3. The molecule has 0 saturated heterocycles. The van der Waals surface area contributed by atoms with Gasteiger partial charge in [-0.1, -0.05) is 6.07 Å². The second kappa shape index (κ2) is 4.26. The number of hydrogen-bond acceptors (Lipinski definition) is 3. The Morgan fingerprint density at radius 1 is 1.47 bits per heavy atom. The van der Waals surface area contributed by atoms with Crippen molar-refractivity contribution in [2.75, 3.05) is 5.32 Å². The first kappa shape index (κ1) is 11.1. The minimum absolute atomic E-state index is 0.00388. The Morgan fingerprint density at radius 2 is 2.24 bits per heavy atom. The quantitative estimate of drug-likeness (QED) is 0.862. The zero-order valence-electron chi connectivity index (χ0n) is 9.53. The molecule has 1 N–H and O–H groups in total. The summed E-state index contributed by atoms with van der Waals surface area (Å²) < 4.78 is 15.1. The molecule has 17 heavy (non-hydrogen) atoms. The van der Waals surface area contributed by atoms with Crippen molar-refractivity contribution >= 4 is 11.5 Å². The highest BCUT2D eigenvalue weighted by atomic mass is 19.1. The molecule has 86 valence electrons. The lowest BCUT2D eigenvalue weighted by Crippen LogP contribution is -1.98. The molecule has 0 radical (unpaired) electrons. The molecule has 0 saturated carbocycles. The van der Waals surface area contributed by atoms with E-state index in [1.165, 1.54) is 6.07 Å². The van der Waals surface area contributed by atoms with Gasteiger partial charge in [-0.3, -0.25) is 4.68 Å². The van der Waals surface area contributed by atoms with Gasteiger partial charge in [-0.05, 0) is 19.1 Å². The molecule has 0 bridgehead atoms. The Balaban J connectivity index is 2.37. The fourth-order valence-electron chi connectivity index (χ4n) is 1.50. The van der Waals surface area contributed by atoms with E-state index in [4.69, 9.17) is 5.26 Å². The number of benzene rings is 1. The number of hydrogen-bond donors (Lipinski definition) is 1. The van der Waals surface area contributed by atoms with Crippen molar-refractivity contribution in [3.05, 3.63) is 41.3 Å². The number of halogens is 1. The first-order chi connectivity index (χ1) is 8.11. The molecule has 2 aromatic rings. The van der Waals surface area contributed by atoms with Gasteiger partial charge in [0.05, 0.1) is 5.69 Å². The van der Waals surface area contributed by atoms with Gasteiger partial charge in [0.2, 0.25) is 0 Å². The van der Waals surface area contributed by atoms with Crippen LogP contribution in [-0.2, 0) is 7.05 Å². The van der Waals surface area contributed by atoms with E-state index in [1.807, 2.05) is 26.1 Å². The predicted molar refractivity (Wildman–Crippen MR) is 62.3 cm³/mol. The predicted octanol–water partition coefficient (Wildman–Crippen LogP) is 2.48. The Kier molecular flexibility index (Phi) is 2.79. The van der Waals surface area contributed by atoms with Crippen LogP contribution in [0.1, 0.15) is 11.3 Å². The SMILES string of the molecule is Cc1cc(Nc2cccc(F)c2C#N)nn1C. The third kappa shape index (κ3) is 2.11. The van der Waals surface area contributed by atoms with Crippen LogP contribution in [0.3, 0.4) is 0 Å². The van der Waals surface area contributed by atoms with Crippen LogP contribution in [0.4, 0.5) is 15.9 Å². The molecule has 5 heteroatoms. The zero-order valence-corrected chi connectivity index (χ0v) is 9.53. The van der Waals surface area contributed by atoms with E-state index in [9.17, 15) is 4.39 Å². The van der Waals surface area contributed by atoms with Crippen LogP contribution < -0.4 is 5.32 Å². The van der Waals surface area contributed by atoms with Crippen LogP contribution in [0.2, 0.25) is 0 Å². The average Bonchev–Trinajstić information content (AvgIpc) is 2.58. The summed E-state index contributed by atoms with van der Waals surface area (Å²) in [7, 11) is 1.82. The summed E-state index contributed by atoms with van der Waals surface area (Å²) in [6.45, 7) is 1.91. The molecule has 0 aliphatic carbocycles. The van der Waals surface area contributed by atoms with E-state index in [2.05, 4.69) is 10.4 Å². The Labute approximate surface area is 98.3 Å². The zero-order chi connectivity index (χ0) is 12.4. The summed E-state index contributed by atoms with van der Waals surface area (Å²) in [5.74, 6) is 0.0530. The molecule has 0 aliphatic heterocycles. The maximum absolute atomic E-state index is 13.3. The van der Waals surface area contributed by atoms with Gasteiger partial charge in [-0.25, -0.2) is 4.39 Å². The third-order valence-electron chi connectivity index (χ3n) is 2.50. The van der Waals surface area contributed by atoms with Crippen LogP contribution in [-0.4, -0.2) is 9.78 Å². The van der Waals surface area contributed by atoms with Crippen LogP contribution in [0, 0.1) is 24.1 Å². The Morgan fingerprint density at radius 3 is 2.82 bits per heavy atom. The van der Waals surface area contributed by atoms with Crippen molar-refractivity contribution in [2.45, 2.75) is 6.92 Å². The van der Waals surface area contributed by atoms with Crippen LogP contribution in [0.15, 0.2) is 24.3 Å². The molecule has 4 nitrogen and oxygen atoms in total. The molecular weight excluding hydrogens is 219 g/mol. The second-order valence-electron chi connectivity index (χ2n) is 3.69. The van der Waals surface area contributed by atoms with E-state index in [0.717, 1.165) is 5.69 Å². The van der Waals surface area contributed by atoms with Gasteiger partial charge in [0.15, 0.2) is 5.82 Å². The van der Waals surface area contributed by atoms with Gasteiger partial charge in [-0.15, -0.1) is 0 Å². The molecule has 2 rings (SSSR count). The van der Waals surface area contributed by atoms with Crippen LogP contribution in [0.25, 0.3) is 0 Å². The number of aromatic nitrogens is 2. The van der Waals surface area contributed by atoms with Crippen molar-refractivity contribution in [1.82, 2.24) is 9.78 Å². The van der Waals surface area contributed by atoms with Crippen molar-refractivity contribution in [2.24, 2.45) is 7.05 Å². The molecule has 1 aromatic heterocycles. The van der Waals surface area contributed by atoms with Gasteiger partial charge in [0, 0.05) is 18.8 Å². The molecule has 0 aliphatic rings. The number of nitriles is 1. The summed E-state index contributed by atoms with van der Waals surface area (Å²) in [6, 6.07) is 8.11. The second-order valence-corrected chi connectivity index (χ2v) is 3.69. The number of nitrogens with zero attached hydrogens (tertiary/aromatic N) is 3. The number of aryl methyl sites for hydroxylation is 2.